The van der Waals surface area contributed by atoms with Crippen molar-refractivity contribution in [1.82, 2.24) is 19.7 Å². The highest BCUT2D eigenvalue weighted by Crippen LogP contribution is 2.26. The Bertz CT molecular complexity index is 973. The molecule has 3 aromatic rings. The molecule has 0 amide bonds. The van der Waals surface area contributed by atoms with Crippen LogP contribution in [0.3, 0.4) is 0 Å². The Labute approximate surface area is 156 Å². The molecular formula is C18H18N8O. The maximum absolute atomic E-state index is 9.54. The molecule has 3 N–H and O–H groups in total. The van der Waals surface area contributed by atoms with Gasteiger partial charge in [-0.15, -0.1) is 5.10 Å². The molecule has 1 aromatic carbocycles. The number of nitrogen functional groups attached to an aromatic ring is 1. The molecule has 0 bridgehead atoms. The van der Waals surface area contributed by atoms with E-state index in [1.807, 2.05) is 24.3 Å². The molecule has 27 heavy (non-hydrogen) atoms. The zero-order valence-corrected chi connectivity index (χ0v) is 14.5. The second kappa shape index (κ2) is 7.31. The Morgan fingerprint density at radius 2 is 2.04 bits per heavy atom. The quantitative estimate of drug-likeness (QED) is 0.720. The summed E-state index contributed by atoms with van der Waals surface area (Å²) in [6.07, 6.45) is 1.66. The molecule has 3 heterocycles. The van der Waals surface area contributed by atoms with Gasteiger partial charge in [0.2, 0.25) is 11.9 Å². The fraction of sp³-hybridized carbons (Fsp3) is 0.222. The number of benzene rings is 1. The molecule has 0 saturated carbocycles. The Balaban J connectivity index is 1.57. The lowest BCUT2D eigenvalue weighted by molar-refractivity contribution is 0.122. The van der Waals surface area contributed by atoms with Gasteiger partial charge in [-0.2, -0.15) is 14.9 Å². The van der Waals surface area contributed by atoms with Crippen LogP contribution in [0.4, 0.5) is 23.3 Å². The first-order valence-electron chi connectivity index (χ1n) is 8.52. The van der Waals surface area contributed by atoms with E-state index >= 15 is 0 Å². The van der Waals surface area contributed by atoms with E-state index in [1.165, 1.54) is 4.68 Å². The van der Waals surface area contributed by atoms with E-state index in [4.69, 9.17) is 10.5 Å². The van der Waals surface area contributed by atoms with E-state index in [2.05, 4.69) is 31.4 Å². The molecule has 0 radical (unpaired) electrons. The summed E-state index contributed by atoms with van der Waals surface area (Å²) in [7, 11) is 0. The second-order valence-corrected chi connectivity index (χ2v) is 5.96. The lowest BCUT2D eigenvalue weighted by Crippen LogP contribution is -2.36. The largest absolute Gasteiger partial charge is 0.378 e. The van der Waals surface area contributed by atoms with Crippen molar-refractivity contribution in [3.63, 3.8) is 0 Å². The first-order valence-corrected chi connectivity index (χ1v) is 8.52. The number of anilines is 4. The van der Waals surface area contributed by atoms with Crippen molar-refractivity contribution in [3.05, 3.63) is 48.2 Å². The monoisotopic (exact) mass is 362 g/mol. The zero-order valence-electron chi connectivity index (χ0n) is 14.5. The van der Waals surface area contributed by atoms with Gasteiger partial charge in [-0.05, 0) is 30.3 Å². The molecule has 1 aliphatic rings. The van der Waals surface area contributed by atoms with Crippen molar-refractivity contribution in [1.29, 1.82) is 5.26 Å². The average Bonchev–Trinajstić information content (AvgIpc) is 3.09. The summed E-state index contributed by atoms with van der Waals surface area (Å²) in [4.78, 5) is 10.6. The van der Waals surface area contributed by atoms with Crippen LogP contribution in [-0.2, 0) is 4.74 Å². The normalized spacial score (nSPS) is 14.0. The topological polar surface area (TPSA) is 118 Å². The molecule has 0 atom stereocenters. The maximum atomic E-state index is 9.54. The van der Waals surface area contributed by atoms with Gasteiger partial charge in [-0.25, -0.2) is 4.98 Å². The van der Waals surface area contributed by atoms with E-state index in [0.29, 0.717) is 36.2 Å². The van der Waals surface area contributed by atoms with Crippen molar-refractivity contribution >= 4 is 23.3 Å². The van der Waals surface area contributed by atoms with Gasteiger partial charge in [0, 0.05) is 25.0 Å². The second-order valence-electron chi connectivity index (χ2n) is 5.96. The van der Waals surface area contributed by atoms with Crippen LogP contribution in [0, 0.1) is 11.3 Å². The number of hydrogen-bond donors (Lipinski definition) is 2. The predicted molar refractivity (Wildman–Crippen MR) is 101 cm³/mol. The summed E-state index contributed by atoms with van der Waals surface area (Å²) in [6.45, 7) is 2.88. The standard InChI is InChI=1S/C18H18N8O/c19-12-13-11-14(4-5-15(13)25-7-9-27-10-8-25)22-18-23-17(20)26(24-18)16-3-1-2-6-21-16/h1-6,11H,7-10H2,(H3,20,22,23,24). The molecule has 9 nitrogen and oxygen atoms in total. The molecule has 0 aliphatic carbocycles. The minimum Gasteiger partial charge on any atom is -0.378 e. The molecular weight excluding hydrogens is 344 g/mol. The fourth-order valence-corrected chi connectivity index (χ4v) is 2.94. The van der Waals surface area contributed by atoms with Gasteiger partial charge in [-0.1, -0.05) is 6.07 Å². The fourth-order valence-electron chi connectivity index (χ4n) is 2.94. The van der Waals surface area contributed by atoms with E-state index in [9.17, 15) is 5.26 Å². The van der Waals surface area contributed by atoms with Gasteiger partial charge in [-0.3, -0.25) is 0 Å². The van der Waals surface area contributed by atoms with Gasteiger partial charge in [0.1, 0.15) is 6.07 Å². The SMILES string of the molecule is N#Cc1cc(Nc2nc(N)n(-c3ccccn3)n2)ccc1N1CCOCC1. The Kier molecular flexibility index (Phi) is 4.55. The minimum absolute atomic E-state index is 0.224. The highest BCUT2D eigenvalue weighted by atomic mass is 16.5. The summed E-state index contributed by atoms with van der Waals surface area (Å²) in [5.41, 5.74) is 8.14. The molecule has 0 spiro atoms. The maximum Gasteiger partial charge on any atom is 0.248 e. The van der Waals surface area contributed by atoms with Crippen LogP contribution in [0.5, 0.6) is 0 Å². The van der Waals surface area contributed by atoms with Crippen LogP contribution in [0.1, 0.15) is 5.56 Å². The van der Waals surface area contributed by atoms with E-state index in [0.717, 1.165) is 18.8 Å². The van der Waals surface area contributed by atoms with Crippen LogP contribution in [-0.4, -0.2) is 46.1 Å². The Hall–Kier alpha value is -3.64. The lowest BCUT2D eigenvalue weighted by Gasteiger charge is -2.29. The third kappa shape index (κ3) is 3.51. The number of morpholine rings is 1. The van der Waals surface area contributed by atoms with Crippen molar-refractivity contribution in [3.8, 4) is 11.9 Å². The van der Waals surface area contributed by atoms with E-state index < -0.39 is 0 Å². The number of nitrogens with two attached hydrogens (primary N) is 1. The summed E-state index contributed by atoms with van der Waals surface area (Å²) in [6, 6.07) is 13.3. The predicted octanol–water partition coefficient (Wildman–Crippen LogP) is 1.70. The Morgan fingerprint density at radius 1 is 1.19 bits per heavy atom. The van der Waals surface area contributed by atoms with Crippen molar-refractivity contribution in [2.24, 2.45) is 0 Å². The first-order chi connectivity index (χ1) is 13.2. The lowest BCUT2D eigenvalue weighted by atomic mass is 10.1. The van der Waals surface area contributed by atoms with Crippen LogP contribution >= 0.6 is 0 Å². The first kappa shape index (κ1) is 16.8. The number of hydrogen-bond acceptors (Lipinski definition) is 8. The van der Waals surface area contributed by atoms with Crippen LogP contribution in [0.2, 0.25) is 0 Å². The minimum atomic E-state index is 0.224. The number of nitrogens with one attached hydrogen (secondary N) is 1. The molecule has 136 valence electrons. The molecule has 1 fully saturated rings. The van der Waals surface area contributed by atoms with Crippen molar-refractivity contribution in [2.45, 2.75) is 0 Å². The summed E-state index contributed by atoms with van der Waals surface area (Å²) in [5, 5.41) is 17.0. The van der Waals surface area contributed by atoms with Gasteiger partial charge in [0.05, 0.1) is 24.5 Å². The molecule has 0 unspecified atom stereocenters. The highest BCUT2D eigenvalue weighted by molar-refractivity contribution is 5.67. The number of pyridine rings is 1. The van der Waals surface area contributed by atoms with Crippen LogP contribution in [0.25, 0.3) is 5.82 Å². The smallest absolute Gasteiger partial charge is 0.248 e. The van der Waals surface area contributed by atoms with Gasteiger partial charge >= 0.3 is 0 Å². The van der Waals surface area contributed by atoms with Crippen LogP contribution < -0.4 is 16.0 Å². The van der Waals surface area contributed by atoms with Gasteiger partial charge in [0.25, 0.3) is 0 Å². The zero-order chi connectivity index (χ0) is 18.6. The average molecular weight is 362 g/mol. The number of rotatable bonds is 4. The molecule has 9 heteroatoms. The number of aromatic nitrogens is 4. The van der Waals surface area contributed by atoms with Crippen LogP contribution in [0.15, 0.2) is 42.6 Å². The molecule has 1 aliphatic heterocycles. The third-order valence-electron chi connectivity index (χ3n) is 4.22. The number of nitriles is 1. The highest BCUT2D eigenvalue weighted by Gasteiger charge is 2.16. The van der Waals surface area contributed by atoms with E-state index in [-0.39, 0.29) is 5.95 Å². The molecule has 2 aromatic heterocycles. The molecule has 1 saturated heterocycles. The third-order valence-corrected chi connectivity index (χ3v) is 4.22. The van der Waals surface area contributed by atoms with Crippen molar-refractivity contribution in [2.75, 3.05) is 42.3 Å². The number of nitrogens with zero attached hydrogens (tertiary/aromatic N) is 6. The summed E-state index contributed by atoms with van der Waals surface area (Å²) >= 11 is 0. The van der Waals surface area contributed by atoms with Crippen molar-refractivity contribution < 1.29 is 4.74 Å². The summed E-state index contributed by atoms with van der Waals surface area (Å²) in [5.74, 6) is 1.14. The number of ether oxygens (including phenoxy) is 1. The van der Waals surface area contributed by atoms with Gasteiger partial charge < -0.3 is 20.7 Å². The van der Waals surface area contributed by atoms with Gasteiger partial charge in [0.15, 0.2) is 5.82 Å². The van der Waals surface area contributed by atoms with E-state index in [1.54, 1.807) is 18.3 Å². The molecule has 4 rings (SSSR count). The Morgan fingerprint density at radius 3 is 2.78 bits per heavy atom. The summed E-state index contributed by atoms with van der Waals surface area (Å²) < 4.78 is 6.83.